The van der Waals surface area contributed by atoms with Gasteiger partial charge in [0, 0.05) is 25.1 Å². The minimum absolute atomic E-state index is 0.00449. The fourth-order valence-corrected chi connectivity index (χ4v) is 8.92. The first-order valence-electron chi connectivity index (χ1n) is 17.1. The number of hydrazone groups is 1. The number of fused-ring (bicyclic) bond motifs is 2. The first-order valence-corrected chi connectivity index (χ1v) is 19.0. The van der Waals surface area contributed by atoms with E-state index in [1.54, 1.807) is 38.3 Å². The van der Waals surface area contributed by atoms with Crippen LogP contribution < -0.4 is 10.6 Å². The van der Waals surface area contributed by atoms with Crippen molar-refractivity contribution in [1.82, 2.24) is 20.5 Å². The van der Waals surface area contributed by atoms with Gasteiger partial charge in [-0.15, -0.1) is 0 Å². The zero-order chi connectivity index (χ0) is 34.9. The van der Waals surface area contributed by atoms with Crippen LogP contribution in [0.4, 0.5) is 4.79 Å². The number of alkyl carbamates (subject to hydrolysis) is 1. The first-order chi connectivity index (χ1) is 23.4. The fourth-order valence-electron chi connectivity index (χ4n) is 7.51. The van der Waals surface area contributed by atoms with E-state index in [0.29, 0.717) is 25.7 Å². The number of carboxylic acids is 1. The molecule has 0 spiro atoms. The third-order valence-electron chi connectivity index (χ3n) is 10.1. The highest BCUT2D eigenvalue weighted by molar-refractivity contribution is 7.08. The van der Waals surface area contributed by atoms with E-state index in [1.807, 2.05) is 33.7 Å². The van der Waals surface area contributed by atoms with Gasteiger partial charge < -0.3 is 25.4 Å². The highest BCUT2D eigenvalue weighted by atomic mass is 32.1. The van der Waals surface area contributed by atoms with Crippen molar-refractivity contribution in [1.29, 1.82) is 0 Å². The summed E-state index contributed by atoms with van der Waals surface area (Å²) in [6.45, 7) is 5.21. The zero-order valence-corrected chi connectivity index (χ0v) is 29.8. The van der Waals surface area contributed by atoms with Crippen LogP contribution in [0.2, 0.25) is 0 Å². The molecule has 2 aromatic heterocycles. The van der Waals surface area contributed by atoms with Crippen LogP contribution in [0.25, 0.3) is 0 Å². The maximum atomic E-state index is 14.4. The summed E-state index contributed by atoms with van der Waals surface area (Å²) in [5.74, 6) is -3.36. The van der Waals surface area contributed by atoms with Crippen LogP contribution in [0, 0.1) is 5.92 Å². The molecule has 6 rings (SSSR count). The number of carboxylic acid groups (broad SMARTS) is 1. The van der Waals surface area contributed by atoms with Crippen molar-refractivity contribution >= 4 is 58.7 Å². The normalized spacial score (nSPS) is 31.2. The minimum Gasteiger partial charge on any atom is -0.479 e. The van der Waals surface area contributed by atoms with Crippen molar-refractivity contribution in [2.24, 2.45) is 11.0 Å². The number of ether oxygens (including phenoxy) is 1. The van der Waals surface area contributed by atoms with Crippen molar-refractivity contribution in [2.75, 3.05) is 6.54 Å². The van der Waals surface area contributed by atoms with E-state index in [2.05, 4.69) is 15.7 Å². The van der Waals surface area contributed by atoms with Crippen molar-refractivity contribution in [3.05, 3.63) is 44.8 Å². The number of carbonyl (C=O) groups excluding carboxylic acids is 4. The molecule has 3 fully saturated rings. The van der Waals surface area contributed by atoms with Crippen molar-refractivity contribution < 1.29 is 33.8 Å². The van der Waals surface area contributed by atoms with Gasteiger partial charge in [0.15, 0.2) is 0 Å². The van der Waals surface area contributed by atoms with E-state index in [4.69, 9.17) is 4.74 Å². The molecule has 0 aromatic carbocycles. The highest BCUT2D eigenvalue weighted by Gasteiger charge is 2.62. The minimum atomic E-state index is -1.38. The third-order valence-corrected chi connectivity index (χ3v) is 11.5. The van der Waals surface area contributed by atoms with Gasteiger partial charge in [-0.2, -0.15) is 27.8 Å². The molecule has 2 saturated heterocycles. The van der Waals surface area contributed by atoms with Gasteiger partial charge >= 0.3 is 12.1 Å². The Morgan fingerprint density at radius 1 is 1.00 bits per heavy atom. The molecule has 4 amide bonds. The average Bonchev–Trinajstić information content (AvgIpc) is 3.56. The molecule has 5 heterocycles. The lowest BCUT2D eigenvalue weighted by Gasteiger charge is -2.35. The van der Waals surface area contributed by atoms with E-state index in [-0.39, 0.29) is 30.7 Å². The largest absolute Gasteiger partial charge is 0.479 e. The summed E-state index contributed by atoms with van der Waals surface area (Å²) in [7, 11) is 0. The van der Waals surface area contributed by atoms with E-state index in [9.17, 15) is 29.1 Å². The predicted octanol–water partition coefficient (Wildman–Crippen LogP) is 5.07. The lowest BCUT2D eigenvalue weighted by Crippen LogP contribution is -2.56. The predicted molar refractivity (Wildman–Crippen MR) is 185 cm³/mol. The van der Waals surface area contributed by atoms with Gasteiger partial charge in [-0.05, 0) is 90.7 Å². The zero-order valence-electron chi connectivity index (χ0n) is 28.1. The number of hydrogen-bond acceptors (Lipinski definition) is 9. The number of hydrogen-bond donors (Lipinski definition) is 3. The smallest absolute Gasteiger partial charge is 0.408 e. The van der Waals surface area contributed by atoms with Crippen LogP contribution in [-0.4, -0.2) is 86.8 Å². The number of aliphatic carboxylic acids is 1. The quantitative estimate of drug-likeness (QED) is 0.391. The molecule has 49 heavy (non-hydrogen) atoms. The Labute approximate surface area is 294 Å². The molecule has 3 N–H and O–H groups in total. The Kier molecular flexibility index (Phi) is 10.2. The summed E-state index contributed by atoms with van der Waals surface area (Å²) < 4.78 is 5.49. The molecular weight excluding hydrogens is 667 g/mol. The molecule has 2 unspecified atom stereocenters. The highest BCUT2D eigenvalue weighted by Crippen LogP contribution is 2.48. The lowest BCUT2D eigenvalue weighted by molar-refractivity contribution is -0.146. The van der Waals surface area contributed by atoms with Crippen molar-refractivity contribution in [2.45, 2.75) is 120 Å². The molecule has 0 bridgehead atoms. The maximum absolute atomic E-state index is 14.4. The third kappa shape index (κ3) is 7.54. The Hall–Kier alpha value is -3.78. The van der Waals surface area contributed by atoms with Gasteiger partial charge in [0.2, 0.25) is 11.8 Å². The topological polar surface area (TPSA) is 158 Å². The van der Waals surface area contributed by atoms with E-state index in [0.717, 1.165) is 36.8 Å². The average molecular weight is 712 g/mol. The van der Waals surface area contributed by atoms with Crippen molar-refractivity contribution in [3.63, 3.8) is 0 Å². The molecule has 14 heteroatoms. The number of rotatable bonds is 5. The molecular formula is C35H45N5O7S2. The molecule has 4 aliphatic rings. The number of thiophene rings is 2. The Morgan fingerprint density at radius 3 is 2.33 bits per heavy atom. The summed E-state index contributed by atoms with van der Waals surface area (Å²) in [5, 5.41) is 29.7. The summed E-state index contributed by atoms with van der Waals surface area (Å²) in [6.07, 6.45) is 6.65. The molecule has 2 aromatic rings. The van der Waals surface area contributed by atoms with Crippen LogP contribution in [-0.2, 0) is 23.9 Å². The van der Waals surface area contributed by atoms with Gasteiger partial charge in [0.1, 0.15) is 23.2 Å². The fraction of sp³-hybridized carbons (Fsp3) is 0.600. The molecule has 12 nitrogen and oxygen atoms in total. The Balaban J connectivity index is 1.31. The first kappa shape index (κ1) is 35.1. The summed E-state index contributed by atoms with van der Waals surface area (Å²) in [4.78, 5) is 69.7. The molecule has 264 valence electrons. The van der Waals surface area contributed by atoms with Gasteiger partial charge in [-0.3, -0.25) is 14.4 Å². The van der Waals surface area contributed by atoms with Gasteiger partial charge in [0.05, 0.1) is 12.0 Å². The number of carbonyl (C=O) groups is 5. The number of amides is 4. The SMILES string of the molecule is CC(C)(C)OC(=O)N[C@@H]1CCCCCCC[C@H]2C[C@]2(C(=O)O)NC(=O)C2C[C@H](N3N=C[C@H](c4ccsc4)C(c4ccsc4)C3=O)CN2C1=O. The molecule has 1 saturated carbocycles. The summed E-state index contributed by atoms with van der Waals surface area (Å²) >= 11 is 3.05. The summed E-state index contributed by atoms with van der Waals surface area (Å²) in [6, 6.07) is 1.23. The van der Waals surface area contributed by atoms with E-state index >= 15 is 0 Å². The molecule has 3 aliphatic heterocycles. The second kappa shape index (κ2) is 14.2. The number of nitrogens with one attached hydrogen (secondary N) is 2. The standard InChI is InChI=1S/C35H45N5O7S2/c1-34(2,3)47-33(46)37-26-10-8-6-4-5-7-9-23-16-35(23,32(44)45)38-29(41)27-15-24(18-39(27)30(26)42)40-31(43)28(22-12-14-49-20-22)25(17-36-40)21-11-13-48-19-21/h11-14,17,19-20,23-28H,4-10,15-16,18H2,1-3H3,(H,37,46)(H,38,41)(H,44,45)/t23-,24-,25+,26+,27?,28?,35-/m0/s1. The second-order valence-electron chi connectivity index (χ2n) is 14.7. The maximum Gasteiger partial charge on any atom is 0.408 e. The molecule has 0 radical (unpaired) electrons. The monoisotopic (exact) mass is 711 g/mol. The van der Waals surface area contributed by atoms with Crippen LogP contribution in [0.3, 0.4) is 0 Å². The lowest BCUT2D eigenvalue weighted by atomic mass is 9.82. The second-order valence-corrected chi connectivity index (χ2v) is 16.2. The van der Waals surface area contributed by atoms with Crippen molar-refractivity contribution in [3.8, 4) is 0 Å². The Morgan fingerprint density at radius 2 is 1.67 bits per heavy atom. The van der Waals surface area contributed by atoms with Gasteiger partial charge in [-0.25, -0.2) is 14.6 Å². The van der Waals surface area contributed by atoms with Gasteiger partial charge in [-0.1, -0.05) is 32.1 Å². The molecule has 1 aliphatic carbocycles. The van der Waals surface area contributed by atoms with Crippen LogP contribution in [0.15, 0.2) is 38.8 Å². The van der Waals surface area contributed by atoms with Crippen LogP contribution >= 0.6 is 22.7 Å². The molecule has 7 atom stereocenters. The Bertz CT molecular complexity index is 1570. The number of nitrogens with zero attached hydrogens (tertiary/aromatic N) is 3. The summed E-state index contributed by atoms with van der Waals surface area (Å²) in [5.41, 5.74) is -0.309. The van der Waals surface area contributed by atoms with Crippen LogP contribution in [0.1, 0.15) is 102 Å². The van der Waals surface area contributed by atoms with Crippen LogP contribution in [0.5, 0.6) is 0 Å². The van der Waals surface area contributed by atoms with E-state index < -0.39 is 59.1 Å². The van der Waals surface area contributed by atoms with E-state index in [1.165, 1.54) is 21.2 Å². The van der Waals surface area contributed by atoms with Gasteiger partial charge in [0.25, 0.3) is 5.91 Å².